The van der Waals surface area contributed by atoms with Crippen molar-refractivity contribution < 1.29 is 9.90 Å². The molecule has 0 saturated heterocycles. The van der Waals surface area contributed by atoms with Gasteiger partial charge in [0.2, 0.25) is 0 Å². The van der Waals surface area contributed by atoms with Gasteiger partial charge in [0.1, 0.15) is 0 Å². The molecule has 1 unspecified atom stereocenters. The third kappa shape index (κ3) is 2.45. The maximum atomic E-state index is 10.9. The molecule has 7 nitrogen and oxygen atoms in total. The predicted molar refractivity (Wildman–Crippen MR) is 75.5 cm³/mol. The van der Waals surface area contributed by atoms with E-state index in [1.54, 1.807) is 13.1 Å². The van der Waals surface area contributed by atoms with Gasteiger partial charge in [-0.3, -0.25) is 9.78 Å². The number of carbonyl (C=O) groups is 1. The lowest BCUT2D eigenvalue weighted by Crippen LogP contribution is -2.13. The summed E-state index contributed by atoms with van der Waals surface area (Å²) in [5.74, 6) is -0.368. The summed E-state index contributed by atoms with van der Waals surface area (Å²) in [6.07, 6.45) is 1.66. The lowest BCUT2D eigenvalue weighted by Gasteiger charge is -2.11. The fourth-order valence-corrected chi connectivity index (χ4v) is 2.29. The van der Waals surface area contributed by atoms with Crippen LogP contribution < -0.4 is 0 Å². The molecule has 1 atom stereocenters. The van der Waals surface area contributed by atoms with Gasteiger partial charge >= 0.3 is 5.97 Å². The van der Waals surface area contributed by atoms with E-state index in [-0.39, 0.29) is 12.5 Å². The quantitative estimate of drug-likeness (QED) is 0.786. The molecular weight excluding hydrogens is 270 g/mol. The summed E-state index contributed by atoms with van der Waals surface area (Å²) in [5, 5.41) is 21.5. The summed E-state index contributed by atoms with van der Waals surface area (Å²) in [4.78, 5) is 15.2. The number of tetrazole rings is 1. The molecule has 0 radical (unpaired) electrons. The zero-order valence-corrected chi connectivity index (χ0v) is 11.3. The van der Waals surface area contributed by atoms with Gasteiger partial charge in [0, 0.05) is 17.1 Å². The number of fused-ring (bicyclic) bond motifs is 1. The Morgan fingerprint density at radius 2 is 2.14 bits per heavy atom. The fraction of sp³-hybridized carbons (Fsp3) is 0.214. The number of aromatic nitrogens is 5. The van der Waals surface area contributed by atoms with Gasteiger partial charge in [0.25, 0.3) is 0 Å². The molecular formula is C14H13N5O2. The summed E-state index contributed by atoms with van der Waals surface area (Å²) >= 11 is 0. The Kier molecular flexibility index (Phi) is 3.31. The number of carboxylic acids is 1. The van der Waals surface area contributed by atoms with Crippen molar-refractivity contribution in [1.82, 2.24) is 25.2 Å². The van der Waals surface area contributed by atoms with E-state index in [0.29, 0.717) is 5.82 Å². The van der Waals surface area contributed by atoms with Crippen LogP contribution >= 0.6 is 0 Å². The number of para-hydroxylation sites is 1. The molecule has 0 aliphatic carbocycles. The number of rotatable bonds is 4. The van der Waals surface area contributed by atoms with Crippen LogP contribution in [-0.2, 0) is 4.79 Å². The number of nitrogens with zero attached hydrogens (tertiary/aromatic N) is 5. The first-order valence-electron chi connectivity index (χ1n) is 6.50. The van der Waals surface area contributed by atoms with E-state index in [9.17, 15) is 4.79 Å². The zero-order valence-electron chi connectivity index (χ0n) is 11.3. The minimum absolute atomic E-state index is 0.0454. The van der Waals surface area contributed by atoms with Gasteiger partial charge in [-0.2, -0.15) is 0 Å². The van der Waals surface area contributed by atoms with E-state index in [4.69, 9.17) is 5.11 Å². The average Bonchev–Trinajstić information content (AvgIpc) is 2.95. The standard InChI is InChI=1S/C14H13N5O2/c1-9(8-12(20)21)19-14(16-17-18-19)11-6-2-4-10-5-3-7-15-13(10)11/h2-7,9H,8H2,1H3,(H,20,21). The monoisotopic (exact) mass is 283 g/mol. The molecule has 1 aromatic carbocycles. The van der Waals surface area contributed by atoms with Gasteiger partial charge in [-0.25, -0.2) is 4.68 Å². The number of carboxylic acid groups (broad SMARTS) is 1. The highest BCUT2D eigenvalue weighted by Gasteiger charge is 2.18. The summed E-state index contributed by atoms with van der Waals surface area (Å²) in [7, 11) is 0. The minimum Gasteiger partial charge on any atom is -0.481 e. The number of hydrogen-bond donors (Lipinski definition) is 1. The molecule has 1 N–H and O–H groups in total. The third-order valence-corrected chi connectivity index (χ3v) is 3.25. The maximum absolute atomic E-state index is 10.9. The first-order valence-corrected chi connectivity index (χ1v) is 6.50. The highest BCUT2D eigenvalue weighted by Crippen LogP contribution is 2.26. The van der Waals surface area contributed by atoms with Gasteiger partial charge in [0.05, 0.1) is 18.0 Å². The zero-order chi connectivity index (χ0) is 14.8. The Hall–Kier alpha value is -2.83. The fourth-order valence-electron chi connectivity index (χ4n) is 2.29. The summed E-state index contributed by atoms with van der Waals surface area (Å²) in [6.45, 7) is 1.77. The number of aliphatic carboxylic acids is 1. The lowest BCUT2D eigenvalue weighted by atomic mass is 10.1. The van der Waals surface area contributed by atoms with Crippen LogP contribution in [0, 0.1) is 0 Å². The van der Waals surface area contributed by atoms with Crippen molar-refractivity contribution >= 4 is 16.9 Å². The first kappa shape index (κ1) is 13.2. The third-order valence-electron chi connectivity index (χ3n) is 3.25. The largest absolute Gasteiger partial charge is 0.481 e. The molecule has 0 amide bonds. The Labute approximate surface area is 120 Å². The van der Waals surface area contributed by atoms with E-state index < -0.39 is 5.97 Å². The Morgan fingerprint density at radius 3 is 2.95 bits per heavy atom. The van der Waals surface area contributed by atoms with Crippen LogP contribution in [-0.4, -0.2) is 36.3 Å². The van der Waals surface area contributed by atoms with E-state index in [1.165, 1.54) is 4.68 Å². The van der Waals surface area contributed by atoms with Gasteiger partial charge in [0.15, 0.2) is 5.82 Å². The lowest BCUT2D eigenvalue weighted by molar-refractivity contribution is -0.137. The van der Waals surface area contributed by atoms with Crippen molar-refractivity contribution in [2.45, 2.75) is 19.4 Å². The Bertz CT molecular complexity index is 793. The van der Waals surface area contributed by atoms with E-state index >= 15 is 0 Å². The highest BCUT2D eigenvalue weighted by molar-refractivity contribution is 5.91. The number of benzene rings is 1. The predicted octanol–water partition coefficient (Wildman–Crippen LogP) is 1.92. The summed E-state index contributed by atoms with van der Waals surface area (Å²) in [5.41, 5.74) is 1.58. The van der Waals surface area contributed by atoms with Crippen LogP contribution in [0.2, 0.25) is 0 Å². The van der Waals surface area contributed by atoms with Crippen molar-refractivity contribution in [3.05, 3.63) is 36.5 Å². The molecule has 106 valence electrons. The van der Waals surface area contributed by atoms with Crippen molar-refractivity contribution in [2.75, 3.05) is 0 Å². The van der Waals surface area contributed by atoms with Crippen molar-refractivity contribution in [3.8, 4) is 11.4 Å². The molecule has 0 bridgehead atoms. The second kappa shape index (κ2) is 5.28. The van der Waals surface area contributed by atoms with Crippen molar-refractivity contribution in [3.63, 3.8) is 0 Å². The smallest absolute Gasteiger partial charge is 0.305 e. The topological polar surface area (TPSA) is 93.8 Å². The Balaban J connectivity index is 2.12. The second-order valence-corrected chi connectivity index (χ2v) is 4.77. The molecule has 3 rings (SSSR count). The van der Waals surface area contributed by atoms with Crippen LogP contribution in [0.15, 0.2) is 36.5 Å². The molecule has 0 fully saturated rings. The number of pyridine rings is 1. The van der Waals surface area contributed by atoms with Crippen LogP contribution in [0.3, 0.4) is 0 Å². The maximum Gasteiger partial charge on any atom is 0.305 e. The second-order valence-electron chi connectivity index (χ2n) is 4.77. The van der Waals surface area contributed by atoms with Crippen molar-refractivity contribution in [1.29, 1.82) is 0 Å². The molecule has 21 heavy (non-hydrogen) atoms. The van der Waals surface area contributed by atoms with Gasteiger partial charge in [-0.1, -0.05) is 18.2 Å². The molecule has 0 saturated carbocycles. The molecule has 0 aliphatic heterocycles. The van der Waals surface area contributed by atoms with E-state index in [1.807, 2.05) is 30.3 Å². The first-order chi connectivity index (χ1) is 10.2. The average molecular weight is 283 g/mol. The van der Waals surface area contributed by atoms with Gasteiger partial charge in [-0.05, 0) is 29.5 Å². The SMILES string of the molecule is CC(CC(=O)O)n1nnnc1-c1cccc2cccnc12. The molecule has 0 aliphatic rings. The molecule has 3 aromatic rings. The molecule has 0 spiro atoms. The van der Waals surface area contributed by atoms with E-state index in [2.05, 4.69) is 20.5 Å². The number of hydrogen-bond acceptors (Lipinski definition) is 5. The summed E-state index contributed by atoms with van der Waals surface area (Å²) in [6, 6.07) is 9.22. The Morgan fingerprint density at radius 1 is 1.33 bits per heavy atom. The van der Waals surface area contributed by atoms with Crippen LogP contribution in [0.1, 0.15) is 19.4 Å². The van der Waals surface area contributed by atoms with E-state index in [0.717, 1.165) is 16.5 Å². The van der Waals surface area contributed by atoms with Gasteiger partial charge in [-0.15, -0.1) is 5.10 Å². The van der Waals surface area contributed by atoms with Crippen LogP contribution in [0.4, 0.5) is 0 Å². The molecule has 7 heteroatoms. The minimum atomic E-state index is -0.889. The highest BCUT2D eigenvalue weighted by atomic mass is 16.4. The van der Waals surface area contributed by atoms with Crippen LogP contribution in [0.25, 0.3) is 22.3 Å². The molecule has 2 aromatic heterocycles. The van der Waals surface area contributed by atoms with Gasteiger partial charge < -0.3 is 5.11 Å². The van der Waals surface area contributed by atoms with Crippen molar-refractivity contribution in [2.24, 2.45) is 0 Å². The normalized spacial score (nSPS) is 12.4. The van der Waals surface area contributed by atoms with Crippen LogP contribution in [0.5, 0.6) is 0 Å². The molecule has 2 heterocycles. The summed E-state index contributed by atoms with van der Waals surface area (Å²) < 4.78 is 1.53.